The van der Waals surface area contributed by atoms with Gasteiger partial charge in [-0.2, -0.15) is 0 Å². The Bertz CT molecular complexity index is 427. The van der Waals surface area contributed by atoms with Crippen LogP contribution in [0.3, 0.4) is 0 Å². The Morgan fingerprint density at radius 3 is 2.32 bits per heavy atom. The van der Waals surface area contributed by atoms with E-state index >= 15 is 0 Å². The maximum absolute atomic E-state index is 9.47. The number of aliphatic hydroxyl groups is 1. The molecule has 0 heterocycles. The summed E-state index contributed by atoms with van der Waals surface area (Å²) in [4.78, 5) is 0. The second-order valence-corrected chi connectivity index (χ2v) is 6.16. The molecule has 0 radical (unpaired) electrons. The molecule has 0 aliphatic carbocycles. The molecule has 1 atom stereocenters. The predicted octanol–water partition coefficient (Wildman–Crippen LogP) is 1.80. The Morgan fingerprint density at radius 1 is 1.16 bits per heavy atom. The summed E-state index contributed by atoms with van der Waals surface area (Å²) in [5, 5.41) is 12.8. The molecule has 0 saturated carbocycles. The van der Waals surface area contributed by atoms with Crippen molar-refractivity contribution in [2.75, 3.05) is 19.6 Å². The van der Waals surface area contributed by atoms with Gasteiger partial charge in [-0.1, -0.05) is 26.0 Å². The van der Waals surface area contributed by atoms with Crippen LogP contribution in [0.2, 0.25) is 0 Å². The Hall–Kier alpha value is -0.900. The van der Waals surface area contributed by atoms with Crippen LogP contribution in [0.5, 0.6) is 0 Å². The monoisotopic (exact) mass is 264 g/mol. The minimum Gasteiger partial charge on any atom is -0.390 e. The number of rotatable bonds is 6. The second kappa shape index (κ2) is 6.51. The molecular formula is C16H28N2O. The van der Waals surface area contributed by atoms with Gasteiger partial charge in [0.2, 0.25) is 0 Å². The highest BCUT2D eigenvalue weighted by Crippen LogP contribution is 2.28. The summed E-state index contributed by atoms with van der Waals surface area (Å²) in [7, 11) is 0. The van der Waals surface area contributed by atoms with Crippen molar-refractivity contribution in [1.82, 2.24) is 5.32 Å². The molecule has 0 saturated heterocycles. The Labute approximate surface area is 117 Å². The molecule has 0 amide bonds. The lowest BCUT2D eigenvalue weighted by atomic mass is 9.80. The van der Waals surface area contributed by atoms with Gasteiger partial charge in [-0.3, -0.25) is 0 Å². The maximum atomic E-state index is 9.47. The first kappa shape index (κ1) is 16.2. The largest absolute Gasteiger partial charge is 0.390 e. The zero-order valence-corrected chi connectivity index (χ0v) is 12.9. The van der Waals surface area contributed by atoms with Gasteiger partial charge in [0.05, 0.1) is 6.10 Å². The lowest BCUT2D eigenvalue weighted by Crippen LogP contribution is -2.39. The zero-order valence-electron chi connectivity index (χ0n) is 12.9. The van der Waals surface area contributed by atoms with E-state index in [1.165, 1.54) is 22.3 Å². The molecule has 108 valence electrons. The lowest BCUT2D eigenvalue weighted by Gasteiger charge is -2.29. The van der Waals surface area contributed by atoms with Crippen LogP contribution in [-0.4, -0.2) is 30.8 Å². The fraction of sp³-hybridized carbons (Fsp3) is 0.625. The van der Waals surface area contributed by atoms with Crippen molar-refractivity contribution in [1.29, 1.82) is 0 Å². The van der Waals surface area contributed by atoms with Gasteiger partial charge in [0, 0.05) is 25.0 Å². The molecular weight excluding hydrogens is 236 g/mol. The summed E-state index contributed by atoms with van der Waals surface area (Å²) >= 11 is 0. The topological polar surface area (TPSA) is 58.3 Å². The maximum Gasteiger partial charge on any atom is 0.0786 e. The standard InChI is InChI=1S/C16H28N2O/c1-11-6-13(3)15(7-12(11)2)16(4,5)10-18-9-14(19)8-17/h6-7,14,18-19H,8-10,17H2,1-5H3. The van der Waals surface area contributed by atoms with Crippen LogP contribution in [0.1, 0.15) is 36.1 Å². The first-order chi connectivity index (χ1) is 8.77. The molecule has 0 aromatic heterocycles. The molecule has 1 rings (SSSR count). The highest BCUT2D eigenvalue weighted by molar-refractivity contribution is 5.40. The predicted molar refractivity (Wildman–Crippen MR) is 81.6 cm³/mol. The van der Waals surface area contributed by atoms with Crippen LogP contribution in [0.4, 0.5) is 0 Å². The van der Waals surface area contributed by atoms with Crippen LogP contribution in [0.15, 0.2) is 12.1 Å². The van der Waals surface area contributed by atoms with Gasteiger partial charge >= 0.3 is 0 Å². The summed E-state index contributed by atoms with van der Waals surface area (Å²) in [6.45, 7) is 12.6. The third kappa shape index (κ3) is 4.30. The van der Waals surface area contributed by atoms with Crippen LogP contribution in [0.25, 0.3) is 0 Å². The molecule has 1 aromatic carbocycles. The smallest absolute Gasteiger partial charge is 0.0786 e. The van der Waals surface area contributed by atoms with E-state index in [2.05, 4.69) is 52.1 Å². The summed E-state index contributed by atoms with van der Waals surface area (Å²) in [6, 6.07) is 4.53. The number of nitrogens with one attached hydrogen (secondary N) is 1. The first-order valence-electron chi connectivity index (χ1n) is 6.95. The summed E-state index contributed by atoms with van der Waals surface area (Å²) in [5.41, 5.74) is 10.8. The van der Waals surface area contributed by atoms with E-state index in [0.29, 0.717) is 13.1 Å². The molecule has 1 aromatic rings. The van der Waals surface area contributed by atoms with Crippen LogP contribution < -0.4 is 11.1 Å². The fourth-order valence-electron chi connectivity index (χ4n) is 2.42. The van der Waals surface area contributed by atoms with E-state index < -0.39 is 6.10 Å². The molecule has 4 N–H and O–H groups in total. The molecule has 3 nitrogen and oxygen atoms in total. The summed E-state index contributed by atoms with van der Waals surface area (Å²) in [6.07, 6.45) is -0.461. The van der Waals surface area contributed by atoms with E-state index in [1.54, 1.807) is 0 Å². The fourth-order valence-corrected chi connectivity index (χ4v) is 2.42. The number of hydrogen-bond acceptors (Lipinski definition) is 3. The van der Waals surface area contributed by atoms with Crippen molar-refractivity contribution in [2.45, 2.75) is 46.1 Å². The van der Waals surface area contributed by atoms with Gasteiger partial charge in [0.1, 0.15) is 0 Å². The van der Waals surface area contributed by atoms with E-state index in [9.17, 15) is 5.11 Å². The number of aryl methyl sites for hydroxylation is 3. The Morgan fingerprint density at radius 2 is 1.74 bits per heavy atom. The molecule has 0 spiro atoms. The molecule has 0 fully saturated rings. The van der Waals surface area contributed by atoms with Gasteiger partial charge in [0.15, 0.2) is 0 Å². The molecule has 0 bridgehead atoms. The van der Waals surface area contributed by atoms with Gasteiger partial charge in [-0.15, -0.1) is 0 Å². The number of benzene rings is 1. The van der Waals surface area contributed by atoms with Gasteiger partial charge in [-0.05, 0) is 43.0 Å². The van der Waals surface area contributed by atoms with E-state index in [1.807, 2.05) is 0 Å². The average molecular weight is 264 g/mol. The molecule has 0 aliphatic heterocycles. The first-order valence-corrected chi connectivity index (χ1v) is 6.95. The van der Waals surface area contributed by atoms with Crippen molar-refractivity contribution in [3.05, 3.63) is 34.4 Å². The normalized spacial score (nSPS) is 13.6. The molecule has 19 heavy (non-hydrogen) atoms. The summed E-state index contributed by atoms with van der Waals surface area (Å²) < 4.78 is 0. The van der Waals surface area contributed by atoms with Crippen molar-refractivity contribution in [2.24, 2.45) is 5.73 Å². The van der Waals surface area contributed by atoms with Crippen LogP contribution in [-0.2, 0) is 5.41 Å². The van der Waals surface area contributed by atoms with Gasteiger partial charge in [0.25, 0.3) is 0 Å². The minimum atomic E-state index is -0.461. The summed E-state index contributed by atoms with van der Waals surface area (Å²) in [5.74, 6) is 0. The van der Waals surface area contributed by atoms with Crippen molar-refractivity contribution < 1.29 is 5.11 Å². The highest BCUT2D eigenvalue weighted by Gasteiger charge is 2.23. The van der Waals surface area contributed by atoms with Gasteiger partial charge < -0.3 is 16.2 Å². The van der Waals surface area contributed by atoms with E-state index in [-0.39, 0.29) is 5.41 Å². The van der Waals surface area contributed by atoms with Crippen molar-refractivity contribution in [3.63, 3.8) is 0 Å². The number of hydrogen-bond donors (Lipinski definition) is 3. The van der Waals surface area contributed by atoms with Crippen LogP contribution >= 0.6 is 0 Å². The zero-order chi connectivity index (χ0) is 14.6. The van der Waals surface area contributed by atoms with Crippen molar-refractivity contribution in [3.8, 4) is 0 Å². The van der Waals surface area contributed by atoms with Gasteiger partial charge in [-0.25, -0.2) is 0 Å². The molecule has 0 aliphatic rings. The Kier molecular flexibility index (Phi) is 5.53. The number of aliphatic hydroxyl groups excluding tert-OH is 1. The molecule has 3 heteroatoms. The van der Waals surface area contributed by atoms with Crippen LogP contribution in [0, 0.1) is 20.8 Å². The minimum absolute atomic E-state index is 0.0386. The quantitative estimate of drug-likeness (QED) is 0.734. The molecule has 1 unspecified atom stereocenters. The van der Waals surface area contributed by atoms with Crippen molar-refractivity contribution >= 4 is 0 Å². The van der Waals surface area contributed by atoms with E-state index in [4.69, 9.17) is 5.73 Å². The Balaban J connectivity index is 2.79. The third-order valence-corrected chi connectivity index (χ3v) is 3.79. The third-order valence-electron chi connectivity index (χ3n) is 3.79. The highest BCUT2D eigenvalue weighted by atomic mass is 16.3. The SMILES string of the molecule is Cc1cc(C)c(C(C)(C)CNCC(O)CN)cc1C. The second-order valence-electron chi connectivity index (χ2n) is 6.16. The van der Waals surface area contributed by atoms with E-state index in [0.717, 1.165) is 6.54 Å². The number of nitrogens with two attached hydrogens (primary N) is 1. The average Bonchev–Trinajstić information content (AvgIpc) is 2.33. The lowest BCUT2D eigenvalue weighted by molar-refractivity contribution is 0.177.